The van der Waals surface area contributed by atoms with Gasteiger partial charge in [-0.3, -0.25) is 4.98 Å². The lowest BCUT2D eigenvalue weighted by atomic mass is 9.56. The van der Waals surface area contributed by atoms with Crippen molar-refractivity contribution in [2.75, 3.05) is 18.6 Å². The number of halogens is 2. The Labute approximate surface area is 134 Å². The highest BCUT2D eigenvalue weighted by molar-refractivity contribution is 5.92. The van der Waals surface area contributed by atoms with Gasteiger partial charge < -0.3 is 9.64 Å². The minimum absolute atomic E-state index is 0.0113. The van der Waals surface area contributed by atoms with Crippen LogP contribution < -0.4 is 4.90 Å². The van der Waals surface area contributed by atoms with Gasteiger partial charge >= 0.3 is 0 Å². The third-order valence-corrected chi connectivity index (χ3v) is 5.58. The van der Waals surface area contributed by atoms with Crippen LogP contribution in [0.15, 0.2) is 24.4 Å². The number of ether oxygens (including phenoxy) is 1. The van der Waals surface area contributed by atoms with Crippen molar-refractivity contribution in [3.05, 3.63) is 36.0 Å². The lowest BCUT2D eigenvalue weighted by Crippen LogP contribution is -2.66. The molecule has 1 saturated carbocycles. The van der Waals surface area contributed by atoms with Crippen LogP contribution in [0, 0.1) is 23.0 Å². The van der Waals surface area contributed by atoms with Gasteiger partial charge in [0, 0.05) is 54.4 Å². The molecule has 0 spiro atoms. The first-order valence-electron chi connectivity index (χ1n) is 7.99. The molecule has 0 amide bonds. The predicted octanol–water partition coefficient (Wildman–Crippen LogP) is 3.76. The molecule has 1 aromatic heterocycles. The summed E-state index contributed by atoms with van der Waals surface area (Å²) in [6.07, 6.45) is 2.90. The van der Waals surface area contributed by atoms with E-state index in [1.807, 2.05) is 13.1 Å². The van der Waals surface area contributed by atoms with Crippen molar-refractivity contribution in [1.29, 1.82) is 0 Å². The zero-order chi connectivity index (χ0) is 16.4. The number of fused-ring (bicyclic) bond motifs is 2. The Balaban J connectivity index is 1.80. The molecule has 122 valence electrons. The highest BCUT2D eigenvalue weighted by atomic mass is 19.1. The molecule has 3 nitrogen and oxygen atoms in total. The molecule has 2 fully saturated rings. The van der Waals surface area contributed by atoms with Crippen molar-refractivity contribution in [3.63, 3.8) is 0 Å². The molecule has 2 heterocycles. The molecule has 2 aliphatic rings. The summed E-state index contributed by atoms with van der Waals surface area (Å²) in [5.74, 6) is -0.727. The number of aromatic nitrogens is 1. The first-order chi connectivity index (χ1) is 10.9. The molecule has 4 rings (SSSR count). The van der Waals surface area contributed by atoms with E-state index in [-0.39, 0.29) is 23.1 Å². The Morgan fingerprint density at radius 1 is 1.30 bits per heavy atom. The summed E-state index contributed by atoms with van der Waals surface area (Å²) in [4.78, 5) is 6.23. The third kappa shape index (κ3) is 1.99. The van der Waals surface area contributed by atoms with Crippen LogP contribution in [-0.2, 0) is 4.74 Å². The van der Waals surface area contributed by atoms with Crippen LogP contribution in [0.3, 0.4) is 0 Å². The quantitative estimate of drug-likeness (QED) is 0.843. The lowest BCUT2D eigenvalue weighted by molar-refractivity contribution is -0.100. The maximum Gasteiger partial charge on any atom is 0.152 e. The minimum Gasteiger partial charge on any atom is -0.377 e. The molecular formula is C18H20F2N2O. The Kier molecular flexibility index (Phi) is 3.14. The van der Waals surface area contributed by atoms with E-state index in [0.29, 0.717) is 11.3 Å². The van der Waals surface area contributed by atoms with Gasteiger partial charge in [0.2, 0.25) is 0 Å². The molecule has 0 radical (unpaired) electrons. The van der Waals surface area contributed by atoms with Crippen molar-refractivity contribution in [2.24, 2.45) is 11.3 Å². The van der Waals surface area contributed by atoms with Gasteiger partial charge in [-0.2, -0.15) is 0 Å². The molecule has 2 aromatic rings. The molecule has 3 atom stereocenters. The van der Waals surface area contributed by atoms with Gasteiger partial charge in [0.05, 0.1) is 6.10 Å². The van der Waals surface area contributed by atoms with Gasteiger partial charge in [-0.1, -0.05) is 13.8 Å². The highest BCUT2D eigenvalue weighted by Crippen LogP contribution is 2.55. The SMILES string of the molecule is CN(c1ccnc2c(F)cc(F)cc12)C1C2CCOC2C1(C)C. The smallest absolute Gasteiger partial charge is 0.152 e. The molecule has 23 heavy (non-hydrogen) atoms. The Morgan fingerprint density at radius 2 is 2.09 bits per heavy atom. The summed E-state index contributed by atoms with van der Waals surface area (Å²) in [5, 5.41) is 0.519. The number of rotatable bonds is 2. The number of pyridine rings is 1. The molecule has 0 N–H and O–H groups in total. The van der Waals surface area contributed by atoms with E-state index >= 15 is 0 Å². The second kappa shape index (κ2) is 4.87. The Hall–Kier alpha value is -1.75. The van der Waals surface area contributed by atoms with Crippen molar-refractivity contribution in [3.8, 4) is 0 Å². The lowest BCUT2D eigenvalue weighted by Gasteiger charge is -2.58. The van der Waals surface area contributed by atoms with Crippen molar-refractivity contribution < 1.29 is 13.5 Å². The molecule has 3 unspecified atom stereocenters. The van der Waals surface area contributed by atoms with Crippen molar-refractivity contribution >= 4 is 16.6 Å². The van der Waals surface area contributed by atoms with Crippen LogP contribution in [0.25, 0.3) is 10.9 Å². The minimum atomic E-state index is -0.620. The van der Waals surface area contributed by atoms with Gasteiger partial charge in [0.25, 0.3) is 0 Å². The van der Waals surface area contributed by atoms with Crippen LogP contribution in [-0.4, -0.2) is 30.8 Å². The van der Waals surface area contributed by atoms with E-state index in [1.165, 1.54) is 6.07 Å². The number of anilines is 1. The second-order valence-corrected chi connectivity index (χ2v) is 7.23. The predicted molar refractivity (Wildman–Crippen MR) is 85.5 cm³/mol. The van der Waals surface area contributed by atoms with E-state index < -0.39 is 11.6 Å². The maximum atomic E-state index is 14.0. The summed E-state index contributed by atoms with van der Waals surface area (Å²) in [6.45, 7) is 5.19. The first kappa shape index (κ1) is 14.8. The normalized spacial score (nSPS) is 28.5. The zero-order valence-electron chi connectivity index (χ0n) is 13.5. The van der Waals surface area contributed by atoms with Gasteiger partial charge in [-0.25, -0.2) is 8.78 Å². The number of hydrogen-bond acceptors (Lipinski definition) is 3. The topological polar surface area (TPSA) is 25.4 Å². The standard InChI is InChI=1S/C18H20F2N2O/c1-18(2)16(11-5-7-23-17(11)18)22(3)14-4-6-21-15-12(14)8-10(19)9-13(15)20/h4,6,8-9,11,16-17H,5,7H2,1-3H3. The monoisotopic (exact) mass is 318 g/mol. The summed E-state index contributed by atoms with van der Waals surface area (Å²) in [5.41, 5.74) is 1.04. The number of benzene rings is 1. The van der Waals surface area contributed by atoms with Crippen LogP contribution in [0.4, 0.5) is 14.5 Å². The van der Waals surface area contributed by atoms with Gasteiger partial charge in [0.1, 0.15) is 11.3 Å². The van der Waals surface area contributed by atoms with Crippen LogP contribution >= 0.6 is 0 Å². The van der Waals surface area contributed by atoms with Crippen molar-refractivity contribution in [1.82, 2.24) is 4.98 Å². The van der Waals surface area contributed by atoms with Gasteiger partial charge in [-0.15, -0.1) is 0 Å². The van der Waals surface area contributed by atoms with Crippen molar-refractivity contribution in [2.45, 2.75) is 32.4 Å². The zero-order valence-corrected chi connectivity index (χ0v) is 13.5. The van der Waals surface area contributed by atoms with E-state index in [1.54, 1.807) is 6.20 Å². The molecule has 0 bridgehead atoms. The van der Waals surface area contributed by atoms with E-state index in [4.69, 9.17) is 4.74 Å². The Morgan fingerprint density at radius 3 is 2.87 bits per heavy atom. The summed E-state index contributed by atoms with van der Waals surface area (Å²) >= 11 is 0. The molecule has 1 aliphatic heterocycles. The average Bonchev–Trinajstić information content (AvgIpc) is 2.92. The largest absolute Gasteiger partial charge is 0.377 e. The fourth-order valence-electron chi connectivity index (χ4n) is 4.71. The van der Waals surface area contributed by atoms with Gasteiger partial charge in [0.15, 0.2) is 5.82 Å². The van der Waals surface area contributed by atoms with E-state index in [2.05, 4.69) is 23.7 Å². The fourth-order valence-corrected chi connectivity index (χ4v) is 4.71. The molecular weight excluding hydrogens is 298 g/mol. The fraction of sp³-hybridized carbons (Fsp3) is 0.500. The van der Waals surface area contributed by atoms with Crippen LogP contribution in [0.1, 0.15) is 20.3 Å². The van der Waals surface area contributed by atoms with Gasteiger partial charge in [-0.05, 0) is 18.6 Å². The number of hydrogen-bond donors (Lipinski definition) is 0. The molecule has 1 aliphatic carbocycles. The Bertz CT molecular complexity index is 777. The molecule has 5 heteroatoms. The molecule has 1 aromatic carbocycles. The average molecular weight is 318 g/mol. The van der Waals surface area contributed by atoms with Crippen LogP contribution in [0.2, 0.25) is 0 Å². The maximum absolute atomic E-state index is 14.0. The summed E-state index contributed by atoms with van der Waals surface area (Å²) < 4.78 is 33.6. The number of nitrogens with zero attached hydrogens (tertiary/aromatic N) is 2. The van der Waals surface area contributed by atoms with E-state index in [0.717, 1.165) is 24.8 Å². The summed E-state index contributed by atoms with van der Waals surface area (Å²) in [6, 6.07) is 4.37. The highest BCUT2D eigenvalue weighted by Gasteiger charge is 2.60. The van der Waals surface area contributed by atoms with Crippen LogP contribution in [0.5, 0.6) is 0 Å². The molecule has 1 saturated heterocycles. The summed E-state index contributed by atoms with van der Waals surface area (Å²) in [7, 11) is 2.00. The van der Waals surface area contributed by atoms with E-state index in [9.17, 15) is 8.78 Å². The second-order valence-electron chi connectivity index (χ2n) is 7.23. The third-order valence-electron chi connectivity index (χ3n) is 5.58. The first-order valence-corrected chi connectivity index (χ1v) is 7.99.